The smallest absolute Gasteiger partial charge is 0.173 e. The molecule has 1 saturated heterocycles. The van der Waals surface area contributed by atoms with E-state index in [-0.39, 0.29) is 11.2 Å². The van der Waals surface area contributed by atoms with E-state index in [4.69, 9.17) is 9.47 Å². The Morgan fingerprint density at radius 1 is 0.962 bits per heavy atom. The zero-order valence-corrected chi connectivity index (χ0v) is 15.5. The molecule has 2 aromatic carbocycles. The highest BCUT2D eigenvalue weighted by Gasteiger charge is 2.49. The predicted octanol–water partition coefficient (Wildman–Crippen LogP) is 3.73. The Morgan fingerprint density at radius 2 is 1.62 bits per heavy atom. The van der Waals surface area contributed by atoms with Gasteiger partial charge in [-0.05, 0) is 50.0 Å². The van der Waals surface area contributed by atoms with Crippen LogP contribution in [0, 0.1) is 5.41 Å². The number of nitrogens with zero attached hydrogens (tertiary/aromatic N) is 1. The number of likely N-dealkylation sites (tertiary alicyclic amines) is 1. The summed E-state index contributed by atoms with van der Waals surface area (Å²) in [6.45, 7) is 2.84. The van der Waals surface area contributed by atoms with Crippen molar-refractivity contribution in [2.45, 2.75) is 25.8 Å². The van der Waals surface area contributed by atoms with Gasteiger partial charge in [0.15, 0.2) is 5.78 Å². The van der Waals surface area contributed by atoms with Crippen LogP contribution in [-0.4, -0.2) is 38.0 Å². The topological polar surface area (TPSA) is 38.8 Å². The molecule has 0 atom stereocenters. The average Bonchev–Trinajstić information content (AvgIpc) is 2.97. The zero-order valence-electron chi connectivity index (χ0n) is 15.5. The molecule has 0 N–H and O–H groups in total. The third kappa shape index (κ3) is 2.78. The summed E-state index contributed by atoms with van der Waals surface area (Å²) in [6, 6.07) is 14.3. The maximum Gasteiger partial charge on any atom is 0.173 e. The van der Waals surface area contributed by atoms with Gasteiger partial charge in [-0.2, -0.15) is 0 Å². The molecular weight excluding hydrogens is 326 g/mol. The summed E-state index contributed by atoms with van der Waals surface area (Å²) in [5, 5.41) is 0. The second-order valence-electron chi connectivity index (χ2n) is 7.37. The van der Waals surface area contributed by atoms with Crippen LogP contribution in [-0.2, 0) is 13.0 Å². The number of benzene rings is 2. The van der Waals surface area contributed by atoms with Crippen molar-refractivity contribution in [2.75, 3.05) is 27.3 Å². The Hall–Kier alpha value is -2.33. The van der Waals surface area contributed by atoms with Crippen molar-refractivity contribution < 1.29 is 14.3 Å². The minimum atomic E-state index is -0.294. The van der Waals surface area contributed by atoms with Gasteiger partial charge in [0, 0.05) is 17.5 Å². The lowest BCUT2D eigenvalue weighted by atomic mass is 9.75. The number of methoxy groups -OCH3 is 2. The fourth-order valence-corrected chi connectivity index (χ4v) is 4.46. The molecule has 1 heterocycles. The van der Waals surface area contributed by atoms with E-state index in [0.717, 1.165) is 55.8 Å². The quantitative estimate of drug-likeness (QED) is 0.841. The molecular formula is C22H25NO3. The average molecular weight is 351 g/mol. The van der Waals surface area contributed by atoms with Gasteiger partial charge in [0.2, 0.25) is 0 Å². The summed E-state index contributed by atoms with van der Waals surface area (Å²) >= 11 is 0. The number of hydrogen-bond acceptors (Lipinski definition) is 4. The van der Waals surface area contributed by atoms with E-state index in [1.54, 1.807) is 14.2 Å². The van der Waals surface area contributed by atoms with Crippen LogP contribution in [0.15, 0.2) is 42.5 Å². The molecule has 1 spiro atoms. The van der Waals surface area contributed by atoms with Gasteiger partial charge in [0.05, 0.1) is 19.8 Å². The third-order valence-electron chi connectivity index (χ3n) is 5.96. The maximum atomic E-state index is 13.3. The minimum Gasteiger partial charge on any atom is -0.496 e. The van der Waals surface area contributed by atoms with Gasteiger partial charge in [0.25, 0.3) is 0 Å². The molecule has 136 valence electrons. The molecule has 0 aromatic heterocycles. The van der Waals surface area contributed by atoms with Crippen LogP contribution in [0.3, 0.4) is 0 Å². The summed E-state index contributed by atoms with van der Waals surface area (Å²) in [5.41, 5.74) is 2.79. The second kappa shape index (κ2) is 6.76. The largest absolute Gasteiger partial charge is 0.496 e. The number of fused-ring (bicyclic) bond motifs is 1. The lowest BCUT2D eigenvalue weighted by molar-refractivity contribution is 0.0621. The van der Waals surface area contributed by atoms with E-state index in [1.807, 2.05) is 18.2 Å². The molecule has 26 heavy (non-hydrogen) atoms. The Balaban J connectivity index is 1.53. The molecule has 0 saturated carbocycles. The maximum absolute atomic E-state index is 13.3. The Morgan fingerprint density at radius 3 is 2.27 bits per heavy atom. The molecule has 4 rings (SSSR count). The molecule has 4 heteroatoms. The molecule has 1 aliphatic carbocycles. The van der Waals surface area contributed by atoms with Gasteiger partial charge >= 0.3 is 0 Å². The van der Waals surface area contributed by atoms with Crippen LogP contribution in [0.5, 0.6) is 11.5 Å². The minimum absolute atomic E-state index is 0.239. The first-order chi connectivity index (χ1) is 12.7. The van der Waals surface area contributed by atoms with Crippen LogP contribution in [0.2, 0.25) is 0 Å². The van der Waals surface area contributed by atoms with Crippen molar-refractivity contribution in [3.63, 3.8) is 0 Å². The summed E-state index contributed by atoms with van der Waals surface area (Å²) in [5.74, 6) is 1.72. The van der Waals surface area contributed by atoms with Gasteiger partial charge < -0.3 is 9.47 Å². The first-order valence-corrected chi connectivity index (χ1v) is 9.22. The van der Waals surface area contributed by atoms with E-state index in [0.29, 0.717) is 5.75 Å². The van der Waals surface area contributed by atoms with Gasteiger partial charge in [0.1, 0.15) is 11.5 Å². The lowest BCUT2D eigenvalue weighted by Crippen LogP contribution is -2.42. The molecule has 2 aliphatic rings. The Labute approximate surface area is 154 Å². The zero-order chi connectivity index (χ0) is 18.1. The van der Waals surface area contributed by atoms with Crippen LogP contribution in [0.25, 0.3) is 0 Å². The molecule has 0 bridgehead atoms. The van der Waals surface area contributed by atoms with Crippen LogP contribution in [0.1, 0.15) is 34.3 Å². The van der Waals surface area contributed by atoms with Crippen LogP contribution < -0.4 is 9.47 Å². The van der Waals surface area contributed by atoms with Gasteiger partial charge in [-0.3, -0.25) is 9.69 Å². The number of Topliss-reactive ketones (excluding diaryl/α,β-unsaturated/α-hetero) is 1. The summed E-state index contributed by atoms with van der Waals surface area (Å²) in [7, 11) is 3.29. The molecule has 0 amide bonds. The van der Waals surface area contributed by atoms with Crippen molar-refractivity contribution in [1.29, 1.82) is 0 Å². The third-order valence-corrected chi connectivity index (χ3v) is 5.96. The van der Waals surface area contributed by atoms with Gasteiger partial charge in [-0.15, -0.1) is 0 Å². The highest BCUT2D eigenvalue weighted by molar-refractivity contribution is 6.08. The normalized spacial score (nSPS) is 18.8. The van der Waals surface area contributed by atoms with E-state index in [1.165, 1.54) is 5.56 Å². The van der Waals surface area contributed by atoms with Gasteiger partial charge in [-0.1, -0.05) is 30.3 Å². The number of hydrogen-bond donors (Lipinski definition) is 0. The molecule has 1 aliphatic heterocycles. The molecule has 0 unspecified atom stereocenters. The van der Waals surface area contributed by atoms with Crippen LogP contribution in [0.4, 0.5) is 0 Å². The summed E-state index contributed by atoms with van der Waals surface area (Å²) in [6.07, 6.45) is 2.54. The Bertz CT molecular complexity index is 808. The van der Waals surface area contributed by atoms with E-state index >= 15 is 0 Å². The fraction of sp³-hybridized carbons (Fsp3) is 0.409. The number of carbonyl (C=O) groups excluding carboxylic acids is 1. The van der Waals surface area contributed by atoms with Crippen molar-refractivity contribution in [1.82, 2.24) is 4.90 Å². The SMILES string of the molecule is COc1ccc(OC)c2c1CC1(CCN(Cc3ccccc3)CC1)C2=O. The number of rotatable bonds is 4. The molecule has 1 fully saturated rings. The van der Waals surface area contributed by atoms with E-state index in [2.05, 4.69) is 29.2 Å². The predicted molar refractivity (Wildman–Crippen MR) is 101 cm³/mol. The van der Waals surface area contributed by atoms with E-state index < -0.39 is 0 Å². The fourth-order valence-electron chi connectivity index (χ4n) is 4.46. The summed E-state index contributed by atoms with van der Waals surface area (Å²) < 4.78 is 11.0. The van der Waals surface area contributed by atoms with Crippen molar-refractivity contribution in [3.8, 4) is 11.5 Å². The number of ether oxygens (including phenoxy) is 2. The molecule has 0 radical (unpaired) electrons. The van der Waals surface area contributed by atoms with Crippen molar-refractivity contribution >= 4 is 5.78 Å². The van der Waals surface area contributed by atoms with E-state index in [9.17, 15) is 4.79 Å². The molecule has 4 nitrogen and oxygen atoms in total. The van der Waals surface area contributed by atoms with Crippen LogP contribution >= 0.6 is 0 Å². The first-order valence-electron chi connectivity index (χ1n) is 9.22. The monoisotopic (exact) mass is 351 g/mol. The number of piperidine rings is 1. The standard InChI is InChI=1S/C22H25NO3/c1-25-18-8-9-19(26-2)20-17(18)14-22(21(20)24)10-12-23(13-11-22)15-16-6-4-3-5-7-16/h3-9H,10-15H2,1-2H3. The Kier molecular flexibility index (Phi) is 4.45. The van der Waals surface area contributed by atoms with Crippen molar-refractivity contribution in [2.24, 2.45) is 5.41 Å². The first kappa shape index (κ1) is 17.1. The number of carbonyl (C=O) groups is 1. The number of ketones is 1. The van der Waals surface area contributed by atoms with Crippen molar-refractivity contribution in [3.05, 3.63) is 59.2 Å². The lowest BCUT2D eigenvalue weighted by Gasteiger charge is -2.38. The highest BCUT2D eigenvalue weighted by Crippen LogP contribution is 2.50. The van der Waals surface area contributed by atoms with Gasteiger partial charge in [-0.25, -0.2) is 0 Å². The molecule has 2 aromatic rings. The summed E-state index contributed by atoms with van der Waals surface area (Å²) in [4.78, 5) is 15.8. The second-order valence-corrected chi connectivity index (χ2v) is 7.37. The highest BCUT2D eigenvalue weighted by atomic mass is 16.5.